The van der Waals surface area contributed by atoms with Crippen molar-refractivity contribution in [2.75, 3.05) is 13.6 Å². The first kappa shape index (κ1) is 24.0. The Labute approximate surface area is 149 Å². The standard InChI is InChI=1S/C15H30N2.CHF3O3S/c1-4-5-6-7-8-9-10-11-12-17-14-13-16(3)15(17)2;2-1(3,4)8(5,6)7/h13-15H,4-12H2,1-3H3;(H,5,6,7). The van der Waals surface area contributed by atoms with Crippen LogP contribution in [0.1, 0.15) is 65.2 Å². The molecule has 1 N–H and O–H groups in total. The first-order valence-corrected chi connectivity index (χ1v) is 10.1. The number of alkyl halides is 3. The Morgan fingerprint density at radius 1 is 1.00 bits per heavy atom. The van der Waals surface area contributed by atoms with Crippen LogP contribution in [0, 0.1) is 0 Å². The molecule has 1 rings (SSSR count). The van der Waals surface area contributed by atoms with Crippen LogP contribution >= 0.6 is 0 Å². The number of nitrogens with zero attached hydrogens (tertiary/aromatic N) is 2. The van der Waals surface area contributed by atoms with E-state index in [0.717, 1.165) is 0 Å². The molecule has 1 unspecified atom stereocenters. The lowest BCUT2D eigenvalue weighted by molar-refractivity contribution is -0.0510. The Balaban J connectivity index is 0.000000609. The van der Waals surface area contributed by atoms with Gasteiger partial charge < -0.3 is 9.80 Å². The fourth-order valence-electron chi connectivity index (χ4n) is 2.36. The van der Waals surface area contributed by atoms with Gasteiger partial charge in [0.15, 0.2) is 0 Å². The number of unbranched alkanes of at least 4 members (excludes halogenated alkanes) is 7. The van der Waals surface area contributed by atoms with Gasteiger partial charge >= 0.3 is 15.6 Å². The van der Waals surface area contributed by atoms with E-state index in [1.165, 1.54) is 57.9 Å². The monoisotopic (exact) mass is 388 g/mol. The molecular formula is C16H31F3N2O3S. The second-order valence-corrected chi connectivity index (χ2v) is 7.64. The molecule has 0 aromatic carbocycles. The molecule has 0 spiro atoms. The van der Waals surface area contributed by atoms with Crippen molar-refractivity contribution in [2.45, 2.75) is 76.9 Å². The molecule has 0 aromatic rings. The van der Waals surface area contributed by atoms with Crippen LogP contribution in [0.25, 0.3) is 0 Å². The maximum atomic E-state index is 10.7. The third-order valence-electron chi connectivity index (χ3n) is 4.13. The molecule has 25 heavy (non-hydrogen) atoms. The number of rotatable bonds is 9. The minimum absolute atomic E-state index is 0.555. The van der Waals surface area contributed by atoms with Gasteiger partial charge in [0.25, 0.3) is 0 Å². The van der Waals surface area contributed by atoms with Crippen LogP contribution in [0.5, 0.6) is 0 Å². The van der Waals surface area contributed by atoms with Gasteiger partial charge in [0.05, 0.1) is 6.17 Å². The van der Waals surface area contributed by atoms with E-state index in [1.807, 2.05) is 0 Å². The highest BCUT2D eigenvalue weighted by atomic mass is 32.2. The Bertz CT molecular complexity index is 482. The number of halogens is 3. The van der Waals surface area contributed by atoms with Gasteiger partial charge in [0.1, 0.15) is 0 Å². The van der Waals surface area contributed by atoms with Gasteiger partial charge in [0, 0.05) is 26.0 Å². The molecule has 150 valence electrons. The Morgan fingerprint density at radius 2 is 1.44 bits per heavy atom. The van der Waals surface area contributed by atoms with Crippen molar-refractivity contribution in [3.63, 3.8) is 0 Å². The second-order valence-electron chi connectivity index (χ2n) is 6.23. The van der Waals surface area contributed by atoms with E-state index in [0.29, 0.717) is 6.17 Å². The first-order chi connectivity index (χ1) is 11.5. The molecule has 0 radical (unpaired) electrons. The molecule has 1 atom stereocenters. The summed E-state index contributed by atoms with van der Waals surface area (Å²) in [4.78, 5) is 4.71. The third kappa shape index (κ3) is 10.6. The fourth-order valence-corrected chi connectivity index (χ4v) is 2.36. The molecular weight excluding hydrogens is 357 g/mol. The van der Waals surface area contributed by atoms with Crippen molar-refractivity contribution >= 4 is 10.1 Å². The summed E-state index contributed by atoms with van der Waals surface area (Å²) in [6.45, 7) is 5.77. The van der Waals surface area contributed by atoms with E-state index in [4.69, 9.17) is 13.0 Å². The zero-order chi connectivity index (χ0) is 19.5. The highest BCUT2D eigenvalue weighted by Crippen LogP contribution is 2.20. The molecule has 0 saturated carbocycles. The molecule has 0 amide bonds. The molecule has 0 bridgehead atoms. The number of hydrogen-bond donors (Lipinski definition) is 1. The van der Waals surface area contributed by atoms with E-state index in [1.54, 1.807) is 0 Å². The summed E-state index contributed by atoms with van der Waals surface area (Å²) in [6.07, 6.45) is 16.2. The minimum Gasteiger partial charge on any atom is -0.359 e. The van der Waals surface area contributed by atoms with Crippen LogP contribution in [0.3, 0.4) is 0 Å². The van der Waals surface area contributed by atoms with E-state index in [-0.39, 0.29) is 0 Å². The Morgan fingerprint density at radius 3 is 1.80 bits per heavy atom. The van der Waals surface area contributed by atoms with Crippen LogP contribution in [0.2, 0.25) is 0 Å². The summed E-state index contributed by atoms with van der Waals surface area (Å²) in [6, 6.07) is 0. The van der Waals surface area contributed by atoms with E-state index in [2.05, 4.69) is 43.1 Å². The van der Waals surface area contributed by atoms with Crippen molar-refractivity contribution < 1.29 is 26.1 Å². The summed E-state index contributed by atoms with van der Waals surface area (Å²) in [5, 5.41) is 0. The Hall–Kier alpha value is -0.960. The first-order valence-electron chi connectivity index (χ1n) is 8.70. The summed E-state index contributed by atoms with van der Waals surface area (Å²) in [7, 11) is -3.69. The molecule has 1 aliphatic rings. The van der Waals surface area contributed by atoms with Crippen LogP contribution < -0.4 is 0 Å². The van der Waals surface area contributed by atoms with Crippen molar-refractivity contribution in [3.05, 3.63) is 12.4 Å². The number of hydrogen-bond acceptors (Lipinski definition) is 4. The summed E-state index contributed by atoms with van der Waals surface area (Å²) >= 11 is 0. The van der Waals surface area contributed by atoms with Crippen molar-refractivity contribution in [1.82, 2.24) is 9.80 Å². The highest BCUT2D eigenvalue weighted by molar-refractivity contribution is 7.86. The van der Waals surface area contributed by atoms with Crippen LogP contribution in [-0.2, 0) is 10.1 Å². The molecule has 0 aliphatic carbocycles. The van der Waals surface area contributed by atoms with Crippen LogP contribution in [0.15, 0.2) is 12.4 Å². The van der Waals surface area contributed by atoms with Crippen LogP contribution in [0.4, 0.5) is 13.2 Å². The molecule has 1 heterocycles. The third-order valence-corrected chi connectivity index (χ3v) is 4.71. The maximum Gasteiger partial charge on any atom is 0.522 e. The van der Waals surface area contributed by atoms with E-state index in [9.17, 15) is 13.2 Å². The van der Waals surface area contributed by atoms with Gasteiger partial charge in [-0.1, -0.05) is 51.9 Å². The van der Waals surface area contributed by atoms with Gasteiger partial charge in [-0.05, 0) is 13.3 Å². The van der Waals surface area contributed by atoms with Gasteiger partial charge in [-0.2, -0.15) is 21.6 Å². The topological polar surface area (TPSA) is 60.9 Å². The average Bonchev–Trinajstić information content (AvgIpc) is 2.80. The lowest BCUT2D eigenvalue weighted by Gasteiger charge is -2.26. The molecule has 5 nitrogen and oxygen atoms in total. The minimum atomic E-state index is -5.84. The van der Waals surface area contributed by atoms with Crippen LogP contribution in [-0.4, -0.2) is 48.0 Å². The zero-order valence-electron chi connectivity index (χ0n) is 15.3. The largest absolute Gasteiger partial charge is 0.522 e. The average molecular weight is 388 g/mol. The van der Waals surface area contributed by atoms with E-state index >= 15 is 0 Å². The molecule has 0 aromatic heterocycles. The van der Waals surface area contributed by atoms with E-state index < -0.39 is 15.6 Å². The lowest BCUT2D eigenvalue weighted by atomic mass is 10.1. The van der Waals surface area contributed by atoms with Gasteiger partial charge in [-0.15, -0.1) is 0 Å². The quantitative estimate of drug-likeness (QED) is 0.356. The van der Waals surface area contributed by atoms with Gasteiger partial charge in [-0.25, -0.2) is 0 Å². The van der Waals surface area contributed by atoms with Crippen molar-refractivity contribution in [3.8, 4) is 0 Å². The molecule has 0 saturated heterocycles. The predicted octanol–water partition coefficient (Wildman–Crippen LogP) is 4.59. The maximum absolute atomic E-state index is 10.7. The SMILES string of the molecule is CCCCCCCCCCN1C=CN(C)C1C.O=S(=O)(O)C(F)(F)F. The summed E-state index contributed by atoms with van der Waals surface area (Å²) in [5.41, 5.74) is -5.53. The fraction of sp³-hybridized carbons (Fsp3) is 0.875. The predicted molar refractivity (Wildman–Crippen MR) is 93.3 cm³/mol. The normalized spacial score (nSPS) is 17.6. The van der Waals surface area contributed by atoms with Crippen molar-refractivity contribution in [1.29, 1.82) is 0 Å². The van der Waals surface area contributed by atoms with Gasteiger partial charge in [-0.3, -0.25) is 4.55 Å². The Kier molecular flexibility index (Phi) is 11.2. The summed E-state index contributed by atoms with van der Waals surface area (Å²) < 4.78 is 57.5. The molecule has 1 aliphatic heterocycles. The van der Waals surface area contributed by atoms with Gasteiger partial charge in [0.2, 0.25) is 0 Å². The second kappa shape index (κ2) is 11.6. The summed E-state index contributed by atoms with van der Waals surface area (Å²) in [5.74, 6) is 0. The highest BCUT2D eigenvalue weighted by Gasteiger charge is 2.44. The lowest BCUT2D eigenvalue weighted by Crippen LogP contribution is -2.34. The smallest absolute Gasteiger partial charge is 0.359 e. The van der Waals surface area contributed by atoms with Crippen molar-refractivity contribution in [2.24, 2.45) is 0 Å². The molecule has 0 fully saturated rings. The molecule has 9 heteroatoms. The zero-order valence-corrected chi connectivity index (χ0v) is 16.1.